The quantitative estimate of drug-likeness (QED) is 0.389. The first-order valence-electron chi connectivity index (χ1n) is 9.01. The fourth-order valence-corrected chi connectivity index (χ4v) is 4.49. The van der Waals surface area contributed by atoms with Crippen molar-refractivity contribution in [1.29, 1.82) is 0 Å². The number of halogens is 1. The Morgan fingerprint density at radius 2 is 1.52 bits per heavy atom. The van der Waals surface area contributed by atoms with Gasteiger partial charge in [0.2, 0.25) is 0 Å². The molecule has 4 aromatic rings. The summed E-state index contributed by atoms with van der Waals surface area (Å²) in [5, 5.41) is 9.02. The number of benzene rings is 3. The summed E-state index contributed by atoms with van der Waals surface area (Å²) in [6, 6.07) is 22.3. The first-order chi connectivity index (χ1) is 14.1. The fourth-order valence-electron chi connectivity index (χ4n) is 3.07. The van der Waals surface area contributed by atoms with Gasteiger partial charge in [0, 0.05) is 15.7 Å². The molecule has 0 aliphatic rings. The highest BCUT2D eigenvalue weighted by Crippen LogP contribution is 2.26. The lowest BCUT2D eigenvalue weighted by atomic mass is 10.1. The smallest absolute Gasteiger partial charge is 0.256 e. The lowest BCUT2D eigenvalue weighted by molar-refractivity contribution is 0.0952. The predicted molar refractivity (Wildman–Crippen MR) is 122 cm³/mol. The van der Waals surface area contributed by atoms with Crippen molar-refractivity contribution in [3.05, 3.63) is 99.3 Å². The second-order valence-corrected chi connectivity index (χ2v) is 8.18. The van der Waals surface area contributed by atoms with Crippen LogP contribution in [0.5, 0.6) is 0 Å². The molecule has 0 aliphatic carbocycles. The second-order valence-electron chi connectivity index (χ2n) is 6.42. The van der Waals surface area contributed by atoms with Crippen LogP contribution in [0, 0.1) is 0 Å². The van der Waals surface area contributed by atoms with Gasteiger partial charge in [0.25, 0.3) is 11.8 Å². The first-order valence-corrected chi connectivity index (χ1v) is 10.7. The van der Waals surface area contributed by atoms with Crippen molar-refractivity contribution in [3.8, 4) is 0 Å². The molecule has 2 N–H and O–H groups in total. The molecule has 0 bridgehead atoms. The third-order valence-electron chi connectivity index (χ3n) is 4.54. The zero-order valence-electron chi connectivity index (χ0n) is 15.3. The number of carbonyl (C=O) groups is 2. The van der Waals surface area contributed by atoms with Crippen LogP contribution < -0.4 is 10.6 Å². The molecule has 2 amide bonds. The van der Waals surface area contributed by atoms with E-state index in [-0.39, 0.29) is 11.8 Å². The van der Waals surface area contributed by atoms with Crippen LogP contribution >= 0.6 is 27.3 Å². The molecule has 0 spiro atoms. The molecule has 1 aromatic heterocycles. The van der Waals surface area contributed by atoms with Crippen LogP contribution in [-0.4, -0.2) is 11.8 Å². The average Bonchev–Trinajstić information content (AvgIpc) is 3.16. The van der Waals surface area contributed by atoms with Crippen LogP contribution in [0.25, 0.3) is 10.1 Å². The Hall–Kier alpha value is -2.96. The average molecular weight is 465 g/mol. The summed E-state index contributed by atoms with van der Waals surface area (Å²) in [6.07, 6.45) is 0. The van der Waals surface area contributed by atoms with Crippen LogP contribution in [0.1, 0.15) is 26.3 Å². The molecule has 1 heterocycles. The molecular formula is C23H17BrN2O2S. The SMILES string of the molecule is O=C(Nc1ccccc1C(=O)NCc1csc2ccccc12)c1ccccc1Br. The highest BCUT2D eigenvalue weighted by Gasteiger charge is 2.16. The number of hydrogen-bond acceptors (Lipinski definition) is 3. The molecule has 3 aromatic carbocycles. The Morgan fingerprint density at radius 3 is 2.34 bits per heavy atom. The molecular weight excluding hydrogens is 448 g/mol. The molecule has 4 nitrogen and oxygen atoms in total. The number of hydrogen-bond donors (Lipinski definition) is 2. The summed E-state index contributed by atoms with van der Waals surface area (Å²) >= 11 is 5.04. The first kappa shape index (κ1) is 19.4. The van der Waals surface area contributed by atoms with Gasteiger partial charge in [0.05, 0.1) is 16.8 Å². The van der Waals surface area contributed by atoms with E-state index in [1.54, 1.807) is 53.8 Å². The fraction of sp³-hybridized carbons (Fsp3) is 0.0435. The Labute approximate surface area is 180 Å². The maximum Gasteiger partial charge on any atom is 0.256 e. The van der Waals surface area contributed by atoms with Gasteiger partial charge in [-0.3, -0.25) is 9.59 Å². The van der Waals surface area contributed by atoms with Gasteiger partial charge in [-0.2, -0.15) is 0 Å². The zero-order valence-corrected chi connectivity index (χ0v) is 17.7. The molecule has 0 atom stereocenters. The van der Waals surface area contributed by atoms with Crippen molar-refractivity contribution in [3.63, 3.8) is 0 Å². The Kier molecular flexibility index (Phi) is 5.74. The number of anilines is 1. The standard InChI is InChI=1S/C23H17BrN2O2S/c24-19-10-4-1-8-17(19)23(28)26-20-11-5-2-9-18(20)22(27)25-13-15-14-29-21-12-6-3-7-16(15)21/h1-12,14H,13H2,(H,25,27)(H,26,28). The van der Waals surface area contributed by atoms with E-state index in [1.165, 1.54) is 4.70 Å². The van der Waals surface area contributed by atoms with Crippen molar-refractivity contribution in [2.75, 3.05) is 5.32 Å². The van der Waals surface area contributed by atoms with Crippen molar-refractivity contribution in [1.82, 2.24) is 5.32 Å². The molecule has 0 radical (unpaired) electrons. The number of para-hydroxylation sites is 1. The van der Waals surface area contributed by atoms with E-state index in [0.29, 0.717) is 27.8 Å². The molecule has 4 rings (SSSR count). The van der Waals surface area contributed by atoms with E-state index >= 15 is 0 Å². The molecule has 29 heavy (non-hydrogen) atoms. The van der Waals surface area contributed by atoms with E-state index in [9.17, 15) is 9.59 Å². The topological polar surface area (TPSA) is 58.2 Å². The van der Waals surface area contributed by atoms with E-state index < -0.39 is 0 Å². The predicted octanol–water partition coefficient (Wildman–Crippen LogP) is 5.85. The third kappa shape index (κ3) is 4.23. The number of thiophene rings is 1. The summed E-state index contributed by atoms with van der Waals surface area (Å²) in [4.78, 5) is 25.4. The van der Waals surface area contributed by atoms with Crippen LogP contribution in [0.15, 0.2) is 82.6 Å². The van der Waals surface area contributed by atoms with Gasteiger partial charge in [0.1, 0.15) is 0 Å². The van der Waals surface area contributed by atoms with Crippen molar-refractivity contribution >= 4 is 54.9 Å². The highest BCUT2D eigenvalue weighted by molar-refractivity contribution is 9.10. The van der Waals surface area contributed by atoms with Crippen LogP contribution in [0.2, 0.25) is 0 Å². The monoisotopic (exact) mass is 464 g/mol. The maximum absolute atomic E-state index is 12.8. The number of carbonyl (C=O) groups excluding carboxylic acids is 2. The minimum atomic E-state index is -0.276. The van der Waals surface area contributed by atoms with Gasteiger partial charge in [0.15, 0.2) is 0 Å². The van der Waals surface area contributed by atoms with Crippen LogP contribution in [0.3, 0.4) is 0 Å². The Balaban J connectivity index is 1.51. The molecule has 0 aliphatic heterocycles. The summed E-state index contributed by atoms with van der Waals surface area (Å²) in [5.74, 6) is -0.509. The molecule has 0 saturated carbocycles. The van der Waals surface area contributed by atoms with E-state index in [4.69, 9.17) is 0 Å². The third-order valence-corrected chi connectivity index (χ3v) is 6.24. The van der Waals surface area contributed by atoms with Gasteiger partial charge in [-0.15, -0.1) is 11.3 Å². The largest absolute Gasteiger partial charge is 0.348 e. The Morgan fingerprint density at radius 1 is 0.828 bits per heavy atom. The second kappa shape index (κ2) is 8.59. The van der Waals surface area contributed by atoms with Gasteiger partial charge < -0.3 is 10.6 Å². The van der Waals surface area contributed by atoms with E-state index in [2.05, 4.69) is 44.1 Å². The number of rotatable bonds is 5. The number of nitrogens with one attached hydrogen (secondary N) is 2. The summed E-state index contributed by atoms with van der Waals surface area (Å²) < 4.78 is 1.89. The van der Waals surface area contributed by atoms with Crippen LogP contribution in [0.4, 0.5) is 5.69 Å². The lowest BCUT2D eigenvalue weighted by Gasteiger charge is -2.12. The highest BCUT2D eigenvalue weighted by atomic mass is 79.9. The minimum absolute atomic E-state index is 0.233. The molecule has 144 valence electrons. The molecule has 6 heteroatoms. The van der Waals surface area contributed by atoms with Gasteiger partial charge in [-0.05, 0) is 62.6 Å². The van der Waals surface area contributed by atoms with E-state index in [1.807, 2.05) is 18.2 Å². The van der Waals surface area contributed by atoms with Crippen molar-refractivity contribution < 1.29 is 9.59 Å². The van der Waals surface area contributed by atoms with E-state index in [0.717, 1.165) is 10.9 Å². The van der Waals surface area contributed by atoms with Crippen molar-refractivity contribution in [2.45, 2.75) is 6.54 Å². The minimum Gasteiger partial charge on any atom is -0.348 e. The number of amides is 2. The molecule has 0 saturated heterocycles. The van der Waals surface area contributed by atoms with Crippen molar-refractivity contribution in [2.24, 2.45) is 0 Å². The van der Waals surface area contributed by atoms with Gasteiger partial charge in [-0.1, -0.05) is 42.5 Å². The number of fused-ring (bicyclic) bond motifs is 1. The lowest BCUT2D eigenvalue weighted by Crippen LogP contribution is -2.24. The summed E-state index contributed by atoms with van der Waals surface area (Å²) in [7, 11) is 0. The van der Waals surface area contributed by atoms with Gasteiger partial charge in [-0.25, -0.2) is 0 Å². The summed E-state index contributed by atoms with van der Waals surface area (Å²) in [5.41, 5.74) is 2.48. The normalized spacial score (nSPS) is 10.7. The zero-order chi connectivity index (χ0) is 20.2. The van der Waals surface area contributed by atoms with Crippen LogP contribution in [-0.2, 0) is 6.54 Å². The maximum atomic E-state index is 12.8. The molecule has 0 fully saturated rings. The Bertz CT molecular complexity index is 1200. The molecule has 0 unspecified atom stereocenters. The van der Waals surface area contributed by atoms with Gasteiger partial charge >= 0.3 is 0 Å². The summed E-state index contributed by atoms with van der Waals surface area (Å²) in [6.45, 7) is 0.426.